The number of fused-ring (bicyclic) bond motifs is 3. The summed E-state index contributed by atoms with van der Waals surface area (Å²) >= 11 is 35.4. The first-order chi connectivity index (χ1) is 16.8. The zero-order valence-electron chi connectivity index (χ0n) is 18.3. The summed E-state index contributed by atoms with van der Waals surface area (Å²) in [5.41, 5.74) is 3.70. The SMILES string of the molecule is COc1cc([C@@H]2Nc3c(Cl)cc(Cl)c(Cl)c3[C@@H]3C=CC[C@H]32)cc(Br)c1OCc1ccc(Cl)c(Cl)c1. The van der Waals surface area contributed by atoms with E-state index in [2.05, 4.69) is 39.5 Å². The Bertz CT molecular complexity index is 1350. The molecule has 0 fully saturated rings. The van der Waals surface area contributed by atoms with E-state index in [4.69, 9.17) is 67.5 Å². The van der Waals surface area contributed by atoms with Gasteiger partial charge in [-0.1, -0.05) is 76.2 Å². The summed E-state index contributed by atoms with van der Waals surface area (Å²) in [6.45, 7) is 0.309. The number of halogens is 6. The van der Waals surface area contributed by atoms with Crippen LogP contribution in [-0.4, -0.2) is 7.11 Å². The van der Waals surface area contributed by atoms with Crippen LogP contribution in [0.2, 0.25) is 25.1 Å². The van der Waals surface area contributed by atoms with Crippen LogP contribution < -0.4 is 14.8 Å². The smallest absolute Gasteiger partial charge is 0.175 e. The fourth-order valence-corrected chi connectivity index (χ4v) is 6.54. The molecule has 5 rings (SSSR count). The highest BCUT2D eigenvalue weighted by Crippen LogP contribution is 2.55. The van der Waals surface area contributed by atoms with Crippen LogP contribution in [0, 0.1) is 5.92 Å². The second kappa shape index (κ2) is 10.2. The molecule has 0 aromatic heterocycles. The molecule has 0 amide bonds. The molecule has 1 aliphatic carbocycles. The molecule has 3 aromatic rings. The normalized spacial score (nSPS) is 20.3. The Morgan fingerprint density at radius 3 is 2.51 bits per heavy atom. The molecule has 3 atom stereocenters. The lowest BCUT2D eigenvalue weighted by atomic mass is 9.77. The number of methoxy groups -OCH3 is 1. The second-order valence-corrected chi connectivity index (χ2v) is 11.4. The van der Waals surface area contributed by atoms with Crippen molar-refractivity contribution in [2.45, 2.75) is 25.0 Å². The number of benzene rings is 3. The fourth-order valence-electron chi connectivity index (χ4n) is 4.84. The maximum absolute atomic E-state index is 6.62. The number of hydrogen-bond acceptors (Lipinski definition) is 3. The summed E-state index contributed by atoms with van der Waals surface area (Å²) < 4.78 is 12.6. The van der Waals surface area contributed by atoms with Crippen LogP contribution in [-0.2, 0) is 6.61 Å². The van der Waals surface area contributed by atoms with Crippen LogP contribution in [0.1, 0.15) is 35.1 Å². The number of anilines is 1. The molecular weight excluding hydrogens is 615 g/mol. The molecule has 3 nitrogen and oxygen atoms in total. The van der Waals surface area contributed by atoms with Gasteiger partial charge in [-0.25, -0.2) is 0 Å². The van der Waals surface area contributed by atoms with E-state index in [0.717, 1.165) is 33.3 Å². The van der Waals surface area contributed by atoms with Crippen molar-refractivity contribution in [2.24, 2.45) is 5.92 Å². The average Bonchev–Trinajstić information content (AvgIpc) is 3.32. The third kappa shape index (κ3) is 4.74. The van der Waals surface area contributed by atoms with Gasteiger partial charge in [0, 0.05) is 11.5 Å². The van der Waals surface area contributed by atoms with Gasteiger partial charge in [0.15, 0.2) is 11.5 Å². The van der Waals surface area contributed by atoms with Crippen LogP contribution >= 0.6 is 73.9 Å². The highest BCUT2D eigenvalue weighted by atomic mass is 79.9. The third-order valence-corrected chi connectivity index (χ3v) is 8.89. The van der Waals surface area contributed by atoms with E-state index in [1.54, 1.807) is 25.3 Å². The predicted octanol–water partition coefficient (Wildman–Crippen LogP) is 10.1. The molecule has 2 aliphatic rings. The van der Waals surface area contributed by atoms with E-state index in [1.165, 1.54) is 0 Å². The first-order valence-corrected chi connectivity index (χ1v) is 13.5. The van der Waals surface area contributed by atoms with Crippen molar-refractivity contribution in [3.05, 3.63) is 94.8 Å². The molecule has 0 radical (unpaired) electrons. The van der Waals surface area contributed by atoms with Crippen LogP contribution in [0.4, 0.5) is 5.69 Å². The molecule has 35 heavy (non-hydrogen) atoms. The molecule has 0 saturated heterocycles. The van der Waals surface area contributed by atoms with Crippen LogP contribution in [0.3, 0.4) is 0 Å². The Hall–Kier alpha value is -1.27. The maximum Gasteiger partial charge on any atom is 0.175 e. The van der Waals surface area contributed by atoms with Gasteiger partial charge in [0.25, 0.3) is 0 Å². The first kappa shape index (κ1) is 25.4. The number of hydrogen-bond donors (Lipinski definition) is 1. The molecule has 0 bridgehead atoms. The van der Waals surface area contributed by atoms with Crippen molar-refractivity contribution in [1.82, 2.24) is 0 Å². The molecule has 1 N–H and O–H groups in total. The number of nitrogens with one attached hydrogen (secondary N) is 1. The molecule has 3 aromatic carbocycles. The molecule has 0 saturated carbocycles. The summed E-state index contributed by atoms with van der Waals surface area (Å²) in [5.74, 6) is 1.57. The Morgan fingerprint density at radius 1 is 0.971 bits per heavy atom. The summed E-state index contributed by atoms with van der Waals surface area (Å²) in [6.07, 6.45) is 5.28. The van der Waals surface area contributed by atoms with E-state index in [9.17, 15) is 0 Å². The second-order valence-electron chi connectivity index (χ2n) is 8.49. The van der Waals surface area contributed by atoms with Crippen molar-refractivity contribution in [1.29, 1.82) is 0 Å². The lowest BCUT2D eigenvalue weighted by Gasteiger charge is -2.38. The summed E-state index contributed by atoms with van der Waals surface area (Å²) in [6, 6.07) is 11.1. The minimum Gasteiger partial charge on any atom is -0.493 e. The van der Waals surface area contributed by atoms with Crippen LogP contribution in [0.5, 0.6) is 11.5 Å². The zero-order chi connectivity index (χ0) is 24.9. The summed E-state index contributed by atoms with van der Waals surface area (Å²) in [4.78, 5) is 0. The van der Waals surface area contributed by atoms with Crippen LogP contribution in [0.25, 0.3) is 0 Å². The largest absolute Gasteiger partial charge is 0.493 e. The summed E-state index contributed by atoms with van der Waals surface area (Å²) in [5, 5.41) is 6.17. The van der Waals surface area contributed by atoms with E-state index in [0.29, 0.717) is 43.2 Å². The molecule has 1 aliphatic heterocycles. The Kier molecular flexibility index (Phi) is 7.43. The van der Waals surface area contributed by atoms with Crippen molar-refractivity contribution in [3.63, 3.8) is 0 Å². The number of allylic oxidation sites excluding steroid dienone is 2. The molecule has 0 unspecified atom stereocenters. The van der Waals surface area contributed by atoms with E-state index >= 15 is 0 Å². The van der Waals surface area contributed by atoms with Crippen molar-refractivity contribution < 1.29 is 9.47 Å². The third-order valence-electron chi connectivity index (χ3n) is 6.46. The zero-order valence-corrected chi connectivity index (χ0v) is 23.7. The monoisotopic (exact) mass is 631 g/mol. The summed E-state index contributed by atoms with van der Waals surface area (Å²) in [7, 11) is 1.62. The highest BCUT2D eigenvalue weighted by molar-refractivity contribution is 9.10. The van der Waals surface area contributed by atoms with Gasteiger partial charge >= 0.3 is 0 Å². The minimum atomic E-state index is -0.0217. The lowest BCUT2D eigenvalue weighted by molar-refractivity contribution is 0.282. The van der Waals surface area contributed by atoms with Crippen molar-refractivity contribution in [2.75, 3.05) is 12.4 Å². The predicted molar refractivity (Wildman–Crippen MR) is 149 cm³/mol. The molecular formula is C26H19BrCl5NO2. The van der Waals surface area contributed by atoms with Gasteiger partial charge < -0.3 is 14.8 Å². The molecule has 0 spiro atoms. The van der Waals surface area contributed by atoms with Gasteiger partial charge in [0.2, 0.25) is 0 Å². The van der Waals surface area contributed by atoms with Crippen LogP contribution in [0.15, 0.2) is 53.0 Å². The van der Waals surface area contributed by atoms with Gasteiger partial charge in [-0.15, -0.1) is 0 Å². The van der Waals surface area contributed by atoms with Gasteiger partial charge in [-0.2, -0.15) is 0 Å². The maximum atomic E-state index is 6.62. The Morgan fingerprint density at radius 2 is 1.77 bits per heavy atom. The van der Waals surface area contributed by atoms with E-state index in [-0.39, 0.29) is 17.9 Å². The minimum absolute atomic E-state index is 0.0217. The number of rotatable bonds is 5. The van der Waals surface area contributed by atoms with Crippen molar-refractivity contribution in [3.8, 4) is 11.5 Å². The van der Waals surface area contributed by atoms with Gasteiger partial charge in [-0.3, -0.25) is 0 Å². The average molecular weight is 635 g/mol. The quantitative estimate of drug-likeness (QED) is 0.224. The Labute approximate surface area is 237 Å². The van der Waals surface area contributed by atoms with Gasteiger partial charge in [0.05, 0.1) is 48.4 Å². The Balaban J connectivity index is 1.48. The highest BCUT2D eigenvalue weighted by Gasteiger charge is 2.41. The van der Waals surface area contributed by atoms with Gasteiger partial charge in [-0.05, 0) is 69.7 Å². The molecule has 1 heterocycles. The topological polar surface area (TPSA) is 30.5 Å². The lowest BCUT2D eigenvalue weighted by Crippen LogP contribution is -2.29. The standard InChI is InChI=1S/C26H19BrCl5NO2/c1-34-21-9-13(8-16(27)26(21)35-11-12-5-6-17(28)18(29)7-12)24-15-4-2-3-14(15)22-23(32)19(30)10-20(31)25(22)33-24/h2-3,5-10,14-15,24,33H,4,11H2,1H3/t14-,15-,24+/m1/s1. The number of ether oxygens (including phenoxy) is 2. The fraction of sp³-hybridized carbons (Fsp3) is 0.231. The van der Waals surface area contributed by atoms with Gasteiger partial charge in [0.1, 0.15) is 6.61 Å². The van der Waals surface area contributed by atoms with E-state index in [1.807, 2.05) is 12.1 Å². The van der Waals surface area contributed by atoms with Crippen molar-refractivity contribution >= 4 is 79.6 Å². The first-order valence-electron chi connectivity index (χ1n) is 10.8. The molecule has 182 valence electrons. The van der Waals surface area contributed by atoms with E-state index < -0.39 is 0 Å². The molecule has 9 heteroatoms.